The van der Waals surface area contributed by atoms with Gasteiger partial charge < -0.3 is 9.47 Å². The summed E-state index contributed by atoms with van der Waals surface area (Å²) in [5, 5.41) is 1.43. The highest BCUT2D eigenvalue weighted by Crippen LogP contribution is 2.63. The molecular weight excluding hydrogens is 416 g/mol. The largest absolute Gasteiger partial charge is 0.340 e. The van der Waals surface area contributed by atoms with E-state index in [-0.39, 0.29) is 0 Å². The van der Waals surface area contributed by atoms with E-state index in [1.165, 1.54) is 11.1 Å². The highest BCUT2D eigenvalue weighted by molar-refractivity contribution is 7.80. The van der Waals surface area contributed by atoms with Crippen molar-refractivity contribution >= 4 is 34.7 Å². The third kappa shape index (κ3) is 1.91. The fourth-order valence-electron chi connectivity index (χ4n) is 5.53. The van der Waals surface area contributed by atoms with Gasteiger partial charge >= 0.3 is 0 Å². The van der Waals surface area contributed by atoms with Crippen molar-refractivity contribution in [3.63, 3.8) is 0 Å². The standard InChI is InChI=1S/C22H22N4O2S2/c1-15-3-7-17(8-4-15)21-22(18-9-5-16(2)6-10-18)25-13-28-14-26(22)20(30)24(21)12-27-11-23(21)19(25)29/h3-10H,11-14H2,1-2H3. The molecule has 4 aliphatic rings. The molecule has 6 rings (SSSR count). The molecule has 0 unspecified atom stereocenters. The van der Waals surface area contributed by atoms with E-state index < -0.39 is 11.3 Å². The van der Waals surface area contributed by atoms with Crippen molar-refractivity contribution in [1.82, 2.24) is 19.6 Å². The number of thiocarbonyl (C=S) groups is 2. The zero-order valence-corrected chi connectivity index (χ0v) is 18.5. The van der Waals surface area contributed by atoms with Gasteiger partial charge in [0.05, 0.1) is 0 Å². The molecule has 4 fully saturated rings. The number of hydrogen-bond acceptors (Lipinski definition) is 4. The van der Waals surface area contributed by atoms with Crippen LogP contribution in [0.3, 0.4) is 0 Å². The molecule has 8 heteroatoms. The summed E-state index contributed by atoms with van der Waals surface area (Å²) in [7, 11) is 0. The Bertz CT molecular complexity index is 942. The highest BCUT2D eigenvalue weighted by atomic mass is 32.1. The van der Waals surface area contributed by atoms with E-state index in [1.54, 1.807) is 0 Å². The van der Waals surface area contributed by atoms with Gasteiger partial charge in [0.2, 0.25) is 0 Å². The van der Waals surface area contributed by atoms with Crippen LogP contribution in [0.4, 0.5) is 0 Å². The Morgan fingerprint density at radius 2 is 0.900 bits per heavy atom. The predicted molar refractivity (Wildman–Crippen MR) is 120 cm³/mol. The topological polar surface area (TPSA) is 31.4 Å². The van der Waals surface area contributed by atoms with Crippen LogP contribution < -0.4 is 0 Å². The fourth-order valence-corrected chi connectivity index (χ4v) is 6.27. The van der Waals surface area contributed by atoms with E-state index in [0.717, 1.165) is 11.1 Å². The zero-order valence-electron chi connectivity index (χ0n) is 16.9. The summed E-state index contributed by atoms with van der Waals surface area (Å²) in [6, 6.07) is 17.4. The Hall–Kier alpha value is -2.26. The van der Waals surface area contributed by atoms with Gasteiger partial charge in [0.25, 0.3) is 0 Å². The number of aryl methyl sites for hydroxylation is 2. The van der Waals surface area contributed by atoms with Crippen LogP contribution in [-0.4, -0.2) is 56.7 Å². The summed E-state index contributed by atoms with van der Waals surface area (Å²) in [4.78, 5) is 8.71. The van der Waals surface area contributed by atoms with E-state index in [0.29, 0.717) is 37.1 Å². The van der Waals surface area contributed by atoms with Crippen LogP contribution in [0, 0.1) is 13.8 Å². The lowest BCUT2D eigenvalue weighted by Crippen LogP contribution is -2.67. The van der Waals surface area contributed by atoms with Gasteiger partial charge in [-0.3, -0.25) is 19.6 Å². The van der Waals surface area contributed by atoms with Gasteiger partial charge in [0.15, 0.2) is 21.6 Å². The molecule has 0 aliphatic carbocycles. The smallest absolute Gasteiger partial charge is 0.194 e. The maximum atomic E-state index is 6.02. The van der Waals surface area contributed by atoms with Crippen molar-refractivity contribution in [2.24, 2.45) is 0 Å². The van der Waals surface area contributed by atoms with E-state index in [1.807, 2.05) is 0 Å². The van der Waals surface area contributed by atoms with Crippen LogP contribution in [0.1, 0.15) is 22.3 Å². The van der Waals surface area contributed by atoms with Crippen molar-refractivity contribution in [3.05, 3.63) is 70.8 Å². The maximum absolute atomic E-state index is 6.02. The monoisotopic (exact) mass is 438 g/mol. The van der Waals surface area contributed by atoms with Crippen molar-refractivity contribution in [1.29, 1.82) is 0 Å². The molecular formula is C22H22N4O2S2. The van der Waals surface area contributed by atoms with Gasteiger partial charge in [0.1, 0.15) is 26.9 Å². The zero-order chi connectivity index (χ0) is 20.7. The molecule has 0 atom stereocenters. The number of ether oxygens (including phenoxy) is 2. The molecule has 4 heterocycles. The second-order valence-corrected chi connectivity index (χ2v) is 9.01. The summed E-state index contributed by atoms with van der Waals surface area (Å²) in [5.74, 6) is 0. The average molecular weight is 439 g/mol. The van der Waals surface area contributed by atoms with Gasteiger partial charge in [-0.2, -0.15) is 0 Å². The molecule has 0 bridgehead atoms. The SMILES string of the molecule is Cc1ccc(C23N4COCN2C(=S)N2COCN(C4=S)C23c2ccc(C)cc2)cc1. The Morgan fingerprint density at radius 1 is 0.600 bits per heavy atom. The Balaban J connectivity index is 1.74. The van der Waals surface area contributed by atoms with Crippen molar-refractivity contribution in [2.75, 3.05) is 26.9 Å². The summed E-state index contributed by atoms with van der Waals surface area (Å²) in [6.45, 7) is 5.84. The van der Waals surface area contributed by atoms with E-state index in [9.17, 15) is 0 Å². The van der Waals surface area contributed by atoms with Gasteiger partial charge in [0, 0.05) is 11.1 Å². The minimum atomic E-state index is -0.633. The summed E-state index contributed by atoms with van der Waals surface area (Å²) in [6.07, 6.45) is 0. The molecule has 2 aromatic carbocycles. The van der Waals surface area contributed by atoms with Gasteiger partial charge in [-0.05, 0) is 38.3 Å². The third-order valence-corrected chi connectivity index (χ3v) is 7.64. The van der Waals surface area contributed by atoms with Gasteiger partial charge in [-0.1, -0.05) is 59.7 Å². The molecule has 6 nitrogen and oxygen atoms in total. The van der Waals surface area contributed by atoms with E-state index >= 15 is 0 Å². The fraction of sp³-hybridized carbons (Fsp3) is 0.364. The summed E-state index contributed by atoms with van der Waals surface area (Å²) >= 11 is 12.0. The van der Waals surface area contributed by atoms with Crippen LogP contribution >= 0.6 is 24.4 Å². The first-order valence-electron chi connectivity index (χ1n) is 10.0. The molecule has 0 spiro atoms. The lowest BCUT2D eigenvalue weighted by atomic mass is 9.79. The number of hydrogen-bond donors (Lipinski definition) is 0. The summed E-state index contributed by atoms with van der Waals surface area (Å²) in [5.41, 5.74) is 3.46. The minimum absolute atomic E-state index is 0.407. The molecule has 0 amide bonds. The first-order valence-corrected chi connectivity index (χ1v) is 10.8. The van der Waals surface area contributed by atoms with Gasteiger partial charge in [-0.15, -0.1) is 0 Å². The third-order valence-electron chi connectivity index (χ3n) is 6.76. The first-order chi connectivity index (χ1) is 14.5. The number of rotatable bonds is 2. The van der Waals surface area contributed by atoms with Crippen LogP contribution in [0.5, 0.6) is 0 Å². The molecule has 30 heavy (non-hydrogen) atoms. The molecule has 4 aliphatic heterocycles. The minimum Gasteiger partial charge on any atom is -0.340 e. The molecule has 2 aromatic rings. The van der Waals surface area contributed by atoms with Crippen LogP contribution in [0.15, 0.2) is 48.5 Å². The molecule has 154 valence electrons. The first kappa shape index (κ1) is 18.5. The second kappa shape index (κ2) is 6.13. The van der Waals surface area contributed by atoms with Gasteiger partial charge in [-0.25, -0.2) is 0 Å². The van der Waals surface area contributed by atoms with Crippen molar-refractivity contribution < 1.29 is 9.47 Å². The Labute approximate surface area is 186 Å². The quantitative estimate of drug-likeness (QED) is 0.662. The predicted octanol–water partition coefficient (Wildman–Crippen LogP) is 3.00. The molecule has 0 aromatic heterocycles. The van der Waals surface area contributed by atoms with E-state index in [4.69, 9.17) is 33.9 Å². The molecule has 0 N–H and O–H groups in total. The summed E-state index contributed by atoms with van der Waals surface area (Å²) < 4.78 is 11.9. The van der Waals surface area contributed by atoms with Crippen molar-refractivity contribution in [2.45, 2.75) is 25.2 Å². The maximum Gasteiger partial charge on any atom is 0.194 e. The normalized spacial score (nSPS) is 29.7. The second-order valence-electron chi connectivity index (χ2n) is 8.28. The number of nitrogens with zero attached hydrogens (tertiary/aromatic N) is 4. The van der Waals surface area contributed by atoms with Crippen molar-refractivity contribution in [3.8, 4) is 0 Å². The van der Waals surface area contributed by atoms with E-state index in [2.05, 4.69) is 82.0 Å². The molecule has 4 saturated heterocycles. The lowest BCUT2D eigenvalue weighted by Gasteiger charge is -2.53. The molecule has 0 radical (unpaired) electrons. The Kier molecular flexibility index (Phi) is 3.78. The highest BCUT2D eigenvalue weighted by Gasteiger charge is 2.79. The molecule has 0 saturated carbocycles. The lowest BCUT2D eigenvalue weighted by molar-refractivity contribution is -0.210. The Morgan fingerprint density at radius 3 is 1.20 bits per heavy atom. The van der Waals surface area contributed by atoms with Crippen LogP contribution in [-0.2, 0) is 20.8 Å². The number of benzene rings is 2. The van der Waals surface area contributed by atoms with Crippen LogP contribution in [0.2, 0.25) is 0 Å². The average Bonchev–Trinajstić information content (AvgIpc) is 3.15. The van der Waals surface area contributed by atoms with Crippen LogP contribution in [0.25, 0.3) is 0 Å².